The highest BCUT2D eigenvalue weighted by Gasteiger charge is 2.62. The Balaban J connectivity index is 2.07. The second-order valence-electron chi connectivity index (χ2n) is 7.46. The molecule has 4 saturated carbocycles. The van der Waals surface area contributed by atoms with Crippen LogP contribution in [0.15, 0.2) is 0 Å². The van der Waals surface area contributed by atoms with Crippen molar-refractivity contribution >= 4 is 0 Å². The van der Waals surface area contributed by atoms with Crippen LogP contribution in [0.2, 0.25) is 0 Å². The normalized spacial score (nSPS) is 68.6. The van der Waals surface area contributed by atoms with Gasteiger partial charge >= 0.3 is 0 Å². The standard InChI is InChI=1S/C16H28/c1-7-13-8(2)15-10(4)14(7)11(5)16(9(13)3)12(15)6/h7-16H,1-6H3. The van der Waals surface area contributed by atoms with E-state index in [2.05, 4.69) is 41.5 Å². The summed E-state index contributed by atoms with van der Waals surface area (Å²) in [6.45, 7) is 15.3. The van der Waals surface area contributed by atoms with Crippen molar-refractivity contribution in [3.05, 3.63) is 0 Å². The van der Waals surface area contributed by atoms with Crippen LogP contribution in [-0.4, -0.2) is 0 Å². The molecule has 4 bridgehead atoms. The van der Waals surface area contributed by atoms with E-state index in [1.165, 1.54) is 0 Å². The van der Waals surface area contributed by atoms with Gasteiger partial charge in [0.1, 0.15) is 0 Å². The SMILES string of the molecule is CC1C2C(C)C3C(C)C1C(C)C(C2C)C3C. The van der Waals surface area contributed by atoms with Gasteiger partial charge in [-0.05, 0) is 59.2 Å². The molecule has 0 heteroatoms. The van der Waals surface area contributed by atoms with E-state index in [1.54, 1.807) is 0 Å². The molecule has 0 N–H and O–H groups in total. The Hall–Kier alpha value is 0. The third-order valence-corrected chi connectivity index (χ3v) is 7.29. The Kier molecular flexibility index (Phi) is 2.27. The summed E-state index contributed by atoms with van der Waals surface area (Å²) in [6, 6.07) is 0. The number of hydrogen-bond donors (Lipinski definition) is 0. The van der Waals surface area contributed by atoms with Gasteiger partial charge in [-0.3, -0.25) is 0 Å². The van der Waals surface area contributed by atoms with Crippen LogP contribution in [0.25, 0.3) is 0 Å². The van der Waals surface area contributed by atoms with Crippen molar-refractivity contribution in [2.75, 3.05) is 0 Å². The molecule has 0 unspecified atom stereocenters. The van der Waals surface area contributed by atoms with Gasteiger partial charge in [0.05, 0.1) is 0 Å². The third kappa shape index (κ3) is 1.03. The Morgan fingerprint density at radius 2 is 0.438 bits per heavy atom. The third-order valence-electron chi connectivity index (χ3n) is 7.29. The van der Waals surface area contributed by atoms with Crippen LogP contribution in [0.3, 0.4) is 0 Å². The smallest absolute Gasteiger partial charge is 0.0328 e. The van der Waals surface area contributed by atoms with E-state index >= 15 is 0 Å². The first-order chi connectivity index (χ1) is 7.46. The van der Waals surface area contributed by atoms with Crippen LogP contribution in [0.1, 0.15) is 41.5 Å². The molecular weight excluding hydrogens is 192 g/mol. The van der Waals surface area contributed by atoms with Crippen molar-refractivity contribution in [1.29, 1.82) is 0 Å². The van der Waals surface area contributed by atoms with Crippen molar-refractivity contribution in [1.82, 2.24) is 0 Å². The summed E-state index contributed by atoms with van der Waals surface area (Å²) in [6.07, 6.45) is 0. The van der Waals surface area contributed by atoms with Gasteiger partial charge in [0.15, 0.2) is 0 Å². The first kappa shape index (κ1) is 11.1. The lowest BCUT2D eigenvalue weighted by atomic mass is 9.37. The maximum Gasteiger partial charge on any atom is -0.0328 e. The first-order valence-corrected chi connectivity index (χ1v) is 7.46. The van der Waals surface area contributed by atoms with Gasteiger partial charge in [0, 0.05) is 0 Å². The quantitative estimate of drug-likeness (QED) is 0.570. The second kappa shape index (κ2) is 3.27. The molecule has 0 saturated heterocycles. The molecule has 0 spiro atoms. The highest BCUT2D eigenvalue weighted by atomic mass is 14.7. The summed E-state index contributed by atoms with van der Waals surface area (Å²) >= 11 is 0. The van der Waals surface area contributed by atoms with Crippen molar-refractivity contribution in [3.8, 4) is 0 Å². The van der Waals surface area contributed by atoms with Crippen LogP contribution in [0.4, 0.5) is 0 Å². The molecule has 0 aromatic carbocycles. The van der Waals surface area contributed by atoms with Crippen molar-refractivity contribution in [2.24, 2.45) is 59.2 Å². The van der Waals surface area contributed by atoms with E-state index in [1.807, 2.05) is 0 Å². The van der Waals surface area contributed by atoms with E-state index in [0.29, 0.717) is 0 Å². The largest absolute Gasteiger partial charge is 0.0619 e. The lowest BCUT2D eigenvalue weighted by Crippen LogP contribution is -2.63. The summed E-state index contributed by atoms with van der Waals surface area (Å²) < 4.78 is 0. The fourth-order valence-corrected chi connectivity index (χ4v) is 7.29. The van der Waals surface area contributed by atoms with E-state index in [4.69, 9.17) is 0 Å². The minimum absolute atomic E-state index is 0.981. The molecule has 92 valence electrons. The first-order valence-electron chi connectivity index (χ1n) is 7.46. The molecule has 16 heavy (non-hydrogen) atoms. The van der Waals surface area contributed by atoms with Crippen LogP contribution >= 0.6 is 0 Å². The van der Waals surface area contributed by atoms with E-state index in [0.717, 1.165) is 59.2 Å². The number of rotatable bonds is 0. The monoisotopic (exact) mass is 220 g/mol. The van der Waals surface area contributed by atoms with Gasteiger partial charge in [-0.2, -0.15) is 0 Å². The Morgan fingerprint density at radius 1 is 0.312 bits per heavy atom. The van der Waals surface area contributed by atoms with Crippen LogP contribution in [-0.2, 0) is 0 Å². The van der Waals surface area contributed by atoms with Gasteiger partial charge in [0.25, 0.3) is 0 Å². The summed E-state index contributed by atoms with van der Waals surface area (Å²) in [5.41, 5.74) is 0. The predicted molar refractivity (Wildman–Crippen MR) is 68.9 cm³/mol. The molecule has 4 fully saturated rings. The van der Waals surface area contributed by atoms with Crippen molar-refractivity contribution < 1.29 is 0 Å². The lowest BCUT2D eigenvalue weighted by Gasteiger charge is -2.68. The molecule has 0 amide bonds. The average molecular weight is 220 g/mol. The van der Waals surface area contributed by atoms with E-state index in [9.17, 15) is 0 Å². The van der Waals surface area contributed by atoms with E-state index in [-0.39, 0.29) is 0 Å². The summed E-state index contributed by atoms with van der Waals surface area (Å²) in [4.78, 5) is 0. The zero-order valence-electron chi connectivity index (χ0n) is 11.8. The number of hydrogen-bond acceptors (Lipinski definition) is 0. The molecule has 0 heterocycles. The fourth-order valence-electron chi connectivity index (χ4n) is 7.29. The highest BCUT2D eigenvalue weighted by Crippen LogP contribution is 2.67. The van der Waals surface area contributed by atoms with Gasteiger partial charge in [-0.1, -0.05) is 41.5 Å². The topological polar surface area (TPSA) is 0 Å². The molecule has 0 nitrogen and oxygen atoms in total. The zero-order valence-corrected chi connectivity index (χ0v) is 11.8. The predicted octanol–water partition coefficient (Wildman–Crippen LogP) is 4.31. The van der Waals surface area contributed by atoms with Gasteiger partial charge in [-0.25, -0.2) is 0 Å². The summed E-state index contributed by atoms with van der Waals surface area (Å²) in [5, 5.41) is 0. The van der Waals surface area contributed by atoms with Gasteiger partial charge in [0.2, 0.25) is 0 Å². The molecule has 0 radical (unpaired) electrons. The molecule has 0 aliphatic heterocycles. The second-order valence-corrected chi connectivity index (χ2v) is 7.46. The van der Waals surface area contributed by atoms with Crippen molar-refractivity contribution in [3.63, 3.8) is 0 Å². The zero-order chi connectivity index (χ0) is 11.8. The van der Waals surface area contributed by atoms with Crippen LogP contribution in [0, 0.1) is 59.2 Å². The fraction of sp³-hybridized carbons (Fsp3) is 1.00. The lowest BCUT2D eigenvalue weighted by molar-refractivity contribution is -0.206. The van der Waals surface area contributed by atoms with Crippen LogP contribution < -0.4 is 0 Å². The Bertz CT molecular complexity index is 193. The maximum absolute atomic E-state index is 2.55. The molecule has 4 aliphatic carbocycles. The Labute approximate surface area is 101 Å². The summed E-state index contributed by atoms with van der Waals surface area (Å²) in [7, 11) is 0. The molecule has 0 aromatic heterocycles. The highest BCUT2D eigenvalue weighted by molar-refractivity contribution is 5.09. The molecule has 0 atom stereocenters. The van der Waals surface area contributed by atoms with E-state index < -0.39 is 0 Å². The molecule has 0 aromatic rings. The average Bonchev–Trinajstić information content (AvgIpc) is 2.14. The minimum Gasteiger partial charge on any atom is -0.0619 e. The maximum atomic E-state index is 2.55. The molecular formula is C16H28. The minimum atomic E-state index is 0.981. The Morgan fingerprint density at radius 3 is 0.562 bits per heavy atom. The van der Waals surface area contributed by atoms with Crippen molar-refractivity contribution in [2.45, 2.75) is 41.5 Å². The molecule has 4 rings (SSSR count). The van der Waals surface area contributed by atoms with Crippen LogP contribution in [0.5, 0.6) is 0 Å². The van der Waals surface area contributed by atoms with Gasteiger partial charge < -0.3 is 0 Å². The van der Waals surface area contributed by atoms with Gasteiger partial charge in [-0.15, -0.1) is 0 Å². The molecule has 4 aliphatic rings. The summed E-state index contributed by atoms with van der Waals surface area (Å²) in [5.74, 6) is 10.0.